The summed E-state index contributed by atoms with van der Waals surface area (Å²) in [4.78, 5) is 12.8. The van der Waals surface area contributed by atoms with Gasteiger partial charge in [-0.3, -0.25) is 14.4 Å². The fraction of sp³-hybridized carbons (Fsp3) is 0.167. The average molecular weight is 363 g/mol. The molecule has 27 heavy (non-hydrogen) atoms. The van der Waals surface area contributed by atoms with Gasteiger partial charge in [-0.25, -0.2) is 9.37 Å². The minimum absolute atomic E-state index is 0.261. The van der Waals surface area contributed by atoms with Crippen LogP contribution in [0.25, 0.3) is 16.9 Å². The molecule has 4 heterocycles. The molecule has 1 aliphatic rings. The van der Waals surface area contributed by atoms with Crippen LogP contribution in [0.5, 0.6) is 5.75 Å². The maximum atomic E-state index is 14.3. The van der Waals surface area contributed by atoms with E-state index in [4.69, 9.17) is 4.74 Å². The Labute approximate surface area is 153 Å². The molecule has 3 aromatic heterocycles. The minimum Gasteiger partial charge on any atom is -0.493 e. The summed E-state index contributed by atoms with van der Waals surface area (Å²) >= 11 is 0. The van der Waals surface area contributed by atoms with Gasteiger partial charge in [0.25, 0.3) is 0 Å². The zero-order valence-electron chi connectivity index (χ0n) is 14.1. The van der Waals surface area contributed by atoms with Crippen molar-refractivity contribution in [2.45, 2.75) is 13.0 Å². The Morgan fingerprint density at radius 1 is 1.19 bits per heavy atom. The molecule has 0 amide bonds. The number of nitrogens with zero attached hydrogens (tertiary/aromatic N) is 6. The number of hydrogen-bond acceptors (Lipinski definition) is 7. The minimum atomic E-state index is -0.261. The van der Waals surface area contributed by atoms with Crippen molar-refractivity contribution >= 4 is 11.6 Å². The average Bonchev–Trinajstić information content (AvgIpc) is 3.37. The molecule has 0 radical (unpaired) electrons. The molecule has 0 spiro atoms. The standard InChI is InChI=1S/C18H14FN7O/c19-14-1-2-16-11(3-6-27-16)12(14)7-22-18-23-8-13(15-9-20-4-5-21-15)17-25-24-10-26(17)18/h1-2,4-5,8-10H,3,6-7H2,(H,22,23). The van der Waals surface area contributed by atoms with Crippen molar-refractivity contribution < 1.29 is 9.13 Å². The predicted octanol–water partition coefficient (Wildman–Crippen LogP) is 2.27. The second-order valence-corrected chi connectivity index (χ2v) is 6.07. The van der Waals surface area contributed by atoms with Crippen LogP contribution >= 0.6 is 0 Å². The number of hydrogen-bond donors (Lipinski definition) is 1. The Bertz CT molecular complexity index is 1130. The summed E-state index contributed by atoms with van der Waals surface area (Å²) in [5, 5.41) is 11.3. The molecule has 1 aromatic carbocycles. The number of rotatable bonds is 4. The van der Waals surface area contributed by atoms with Crippen molar-refractivity contribution in [3.05, 3.63) is 60.2 Å². The van der Waals surface area contributed by atoms with Gasteiger partial charge in [0.2, 0.25) is 5.95 Å². The first-order chi connectivity index (χ1) is 13.3. The number of ether oxygens (including phenoxy) is 1. The van der Waals surface area contributed by atoms with Gasteiger partial charge in [0.15, 0.2) is 5.65 Å². The van der Waals surface area contributed by atoms with Crippen LogP contribution in [0.2, 0.25) is 0 Å². The number of anilines is 1. The topological polar surface area (TPSA) is 90.1 Å². The van der Waals surface area contributed by atoms with Gasteiger partial charge in [-0.1, -0.05) is 0 Å². The molecule has 0 unspecified atom stereocenters. The summed E-state index contributed by atoms with van der Waals surface area (Å²) in [6.45, 7) is 0.857. The van der Waals surface area contributed by atoms with E-state index in [-0.39, 0.29) is 12.4 Å². The fourth-order valence-electron chi connectivity index (χ4n) is 3.24. The molecule has 1 N–H and O–H groups in total. The molecule has 9 heteroatoms. The van der Waals surface area contributed by atoms with Crippen LogP contribution < -0.4 is 10.1 Å². The Morgan fingerprint density at radius 2 is 2.15 bits per heavy atom. The summed E-state index contributed by atoms with van der Waals surface area (Å²) in [5.41, 5.74) is 3.45. The van der Waals surface area contributed by atoms with Gasteiger partial charge in [-0.2, -0.15) is 0 Å². The molecule has 0 fully saturated rings. The third kappa shape index (κ3) is 2.64. The van der Waals surface area contributed by atoms with E-state index in [1.807, 2.05) is 0 Å². The van der Waals surface area contributed by atoms with Crippen molar-refractivity contribution in [1.82, 2.24) is 29.5 Å². The third-order valence-corrected chi connectivity index (χ3v) is 4.54. The highest BCUT2D eigenvalue weighted by Crippen LogP contribution is 2.30. The summed E-state index contributed by atoms with van der Waals surface area (Å²) < 4.78 is 21.6. The van der Waals surface area contributed by atoms with Gasteiger partial charge in [-0.15, -0.1) is 10.2 Å². The second kappa shape index (κ2) is 6.27. The van der Waals surface area contributed by atoms with Crippen LogP contribution in [0.1, 0.15) is 11.1 Å². The van der Waals surface area contributed by atoms with Crippen molar-refractivity contribution in [3.8, 4) is 17.0 Å². The van der Waals surface area contributed by atoms with Gasteiger partial charge in [0.1, 0.15) is 17.9 Å². The van der Waals surface area contributed by atoms with Crippen LogP contribution in [0.3, 0.4) is 0 Å². The lowest BCUT2D eigenvalue weighted by Gasteiger charge is -2.12. The van der Waals surface area contributed by atoms with Crippen LogP contribution in [0, 0.1) is 5.82 Å². The highest BCUT2D eigenvalue weighted by atomic mass is 19.1. The number of nitrogens with one attached hydrogen (secondary N) is 1. The highest BCUT2D eigenvalue weighted by Gasteiger charge is 2.20. The third-order valence-electron chi connectivity index (χ3n) is 4.54. The monoisotopic (exact) mass is 363 g/mol. The molecule has 1 aliphatic heterocycles. The van der Waals surface area contributed by atoms with Crippen molar-refractivity contribution in [3.63, 3.8) is 0 Å². The number of benzene rings is 1. The van der Waals surface area contributed by atoms with E-state index < -0.39 is 0 Å². The lowest BCUT2D eigenvalue weighted by Crippen LogP contribution is -2.09. The SMILES string of the molecule is Fc1ccc2c(c1CNc1ncc(-c3cnccn3)c3nncn13)CCO2. The quantitative estimate of drug-likeness (QED) is 0.595. The molecule has 0 atom stereocenters. The van der Waals surface area contributed by atoms with Gasteiger partial charge in [-0.05, 0) is 12.1 Å². The number of fused-ring (bicyclic) bond motifs is 2. The van der Waals surface area contributed by atoms with E-state index in [9.17, 15) is 4.39 Å². The lowest BCUT2D eigenvalue weighted by atomic mass is 10.0. The Morgan fingerprint density at radius 3 is 3.04 bits per heavy atom. The molecular weight excluding hydrogens is 349 g/mol. The van der Waals surface area contributed by atoms with Crippen LogP contribution in [-0.4, -0.2) is 36.2 Å². The fourth-order valence-corrected chi connectivity index (χ4v) is 3.24. The lowest BCUT2D eigenvalue weighted by molar-refractivity contribution is 0.356. The smallest absolute Gasteiger partial charge is 0.210 e. The van der Waals surface area contributed by atoms with E-state index in [0.29, 0.717) is 41.4 Å². The molecule has 8 nitrogen and oxygen atoms in total. The van der Waals surface area contributed by atoms with E-state index in [1.165, 1.54) is 6.07 Å². The Kier molecular flexibility index (Phi) is 3.63. The zero-order chi connectivity index (χ0) is 18.2. The van der Waals surface area contributed by atoms with Gasteiger partial charge in [0.05, 0.1) is 24.1 Å². The Balaban J connectivity index is 1.49. The van der Waals surface area contributed by atoms with E-state index in [0.717, 1.165) is 11.3 Å². The van der Waals surface area contributed by atoms with Crippen molar-refractivity contribution in [2.24, 2.45) is 0 Å². The molecule has 5 rings (SSSR count). The maximum absolute atomic E-state index is 14.3. The zero-order valence-corrected chi connectivity index (χ0v) is 14.1. The van der Waals surface area contributed by atoms with Crippen LogP contribution in [0.15, 0.2) is 43.2 Å². The van der Waals surface area contributed by atoms with Gasteiger partial charge >= 0.3 is 0 Å². The summed E-state index contributed by atoms with van der Waals surface area (Å²) in [6, 6.07) is 3.10. The Hall–Kier alpha value is -3.62. The maximum Gasteiger partial charge on any atom is 0.210 e. The number of aromatic nitrogens is 6. The summed E-state index contributed by atoms with van der Waals surface area (Å²) in [5.74, 6) is 0.995. The van der Waals surface area contributed by atoms with E-state index in [2.05, 4.69) is 30.5 Å². The van der Waals surface area contributed by atoms with Crippen molar-refractivity contribution in [1.29, 1.82) is 0 Å². The summed E-state index contributed by atoms with van der Waals surface area (Å²) in [6.07, 6.45) is 8.76. The molecule has 4 aromatic rings. The first kappa shape index (κ1) is 15.6. The van der Waals surface area contributed by atoms with E-state index >= 15 is 0 Å². The second-order valence-electron chi connectivity index (χ2n) is 6.07. The molecule has 0 saturated carbocycles. The molecule has 0 bridgehead atoms. The van der Waals surface area contributed by atoms with E-state index in [1.54, 1.807) is 41.6 Å². The number of halogens is 1. The van der Waals surface area contributed by atoms with Crippen LogP contribution in [0.4, 0.5) is 10.3 Å². The summed E-state index contributed by atoms with van der Waals surface area (Å²) in [7, 11) is 0. The molecular formula is C18H14FN7O. The van der Waals surface area contributed by atoms with Gasteiger partial charge < -0.3 is 10.1 Å². The molecule has 134 valence electrons. The first-order valence-corrected chi connectivity index (χ1v) is 8.43. The molecule has 0 saturated heterocycles. The largest absolute Gasteiger partial charge is 0.493 e. The highest BCUT2D eigenvalue weighted by molar-refractivity contribution is 5.74. The molecule has 0 aliphatic carbocycles. The predicted molar refractivity (Wildman–Crippen MR) is 94.7 cm³/mol. The van der Waals surface area contributed by atoms with Crippen LogP contribution in [-0.2, 0) is 13.0 Å². The first-order valence-electron chi connectivity index (χ1n) is 8.43. The van der Waals surface area contributed by atoms with Gasteiger partial charge in [0, 0.05) is 42.7 Å². The normalized spacial score (nSPS) is 12.8. The van der Waals surface area contributed by atoms with Crippen molar-refractivity contribution in [2.75, 3.05) is 11.9 Å².